The van der Waals surface area contributed by atoms with Gasteiger partial charge in [0, 0.05) is 12.1 Å². The summed E-state index contributed by atoms with van der Waals surface area (Å²) in [6.45, 7) is 0.597. The minimum absolute atomic E-state index is 0.0190. The summed E-state index contributed by atoms with van der Waals surface area (Å²) in [5, 5.41) is 0. The molecule has 2 saturated carbocycles. The van der Waals surface area contributed by atoms with Crippen LogP contribution in [0.2, 0.25) is 0 Å². The fourth-order valence-electron chi connectivity index (χ4n) is 3.68. The molecule has 1 aromatic rings. The lowest BCUT2D eigenvalue weighted by Crippen LogP contribution is -2.45. The standard InChI is InChI=1S/C16H24N2O2/c17-15-9-3-8-14(15)16(19)18(12-5-1-2-6-12)11-13-7-4-10-20-13/h4,7,10,12,14-15H,1-3,5-6,8-9,11,17H2. The quantitative estimate of drug-likeness (QED) is 0.919. The van der Waals surface area contributed by atoms with Gasteiger partial charge in [-0.15, -0.1) is 0 Å². The van der Waals surface area contributed by atoms with E-state index in [0.29, 0.717) is 12.6 Å². The van der Waals surface area contributed by atoms with E-state index in [1.165, 1.54) is 12.8 Å². The van der Waals surface area contributed by atoms with Crippen molar-refractivity contribution in [1.82, 2.24) is 4.90 Å². The van der Waals surface area contributed by atoms with Crippen molar-refractivity contribution in [3.63, 3.8) is 0 Å². The number of carbonyl (C=O) groups is 1. The van der Waals surface area contributed by atoms with Gasteiger partial charge in [-0.25, -0.2) is 0 Å². The van der Waals surface area contributed by atoms with Crippen molar-refractivity contribution in [3.05, 3.63) is 24.2 Å². The number of hydrogen-bond donors (Lipinski definition) is 1. The van der Waals surface area contributed by atoms with Crippen LogP contribution in [0.15, 0.2) is 22.8 Å². The first-order valence-electron chi connectivity index (χ1n) is 7.84. The Bertz CT molecular complexity index is 437. The third-order valence-corrected chi connectivity index (χ3v) is 4.84. The number of amides is 1. The van der Waals surface area contributed by atoms with Gasteiger partial charge in [-0.3, -0.25) is 4.79 Å². The Labute approximate surface area is 120 Å². The van der Waals surface area contributed by atoms with Gasteiger partial charge in [-0.05, 0) is 37.8 Å². The molecule has 110 valence electrons. The molecule has 1 heterocycles. The van der Waals surface area contributed by atoms with E-state index >= 15 is 0 Å². The van der Waals surface area contributed by atoms with Crippen LogP contribution in [0, 0.1) is 5.92 Å². The van der Waals surface area contributed by atoms with Gasteiger partial charge in [-0.1, -0.05) is 19.3 Å². The fourth-order valence-corrected chi connectivity index (χ4v) is 3.68. The monoisotopic (exact) mass is 276 g/mol. The normalized spacial score (nSPS) is 27.1. The van der Waals surface area contributed by atoms with Crippen LogP contribution in [-0.2, 0) is 11.3 Å². The lowest BCUT2D eigenvalue weighted by Gasteiger charge is -2.31. The average molecular weight is 276 g/mol. The van der Waals surface area contributed by atoms with Crippen LogP contribution in [0.25, 0.3) is 0 Å². The van der Waals surface area contributed by atoms with Crippen LogP contribution in [-0.4, -0.2) is 22.9 Å². The number of carbonyl (C=O) groups excluding carboxylic acids is 1. The summed E-state index contributed by atoms with van der Waals surface area (Å²) >= 11 is 0. The second-order valence-corrected chi connectivity index (χ2v) is 6.19. The van der Waals surface area contributed by atoms with E-state index in [1.807, 2.05) is 17.0 Å². The van der Waals surface area contributed by atoms with Crippen molar-refractivity contribution < 1.29 is 9.21 Å². The van der Waals surface area contributed by atoms with Crippen molar-refractivity contribution in [1.29, 1.82) is 0 Å². The Morgan fingerprint density at radius 2 is 2.05 bits per heavy atom. The van der Waals surface area contributed by atoms with Crippen molar-refractivity contribution in [2.45, 2.75) is 63.6 Å². The molecule has 0 aromatic carbocycles. The molecule has 2 atom stereocenters. The largest absolute Gasteiger partial charge is 0.467 e. The number of hydrogen-bond acceptors (Lipinski definition) is 3. The Kier molecular flexibility index (Phi) is 4.10. The van der Waals surface area contributed by atoms with Gasteiger partial charge in [0.05, 0.1) is 18.7 Å². The molecular weight excluding hydrogens is 252 g/mol. The lowest BCUT2D eigenvalue weighted by atomic mass is 10.0. The summed E-state index contributed by atoms with van der Waals surface area (Å²) in [6, 6.07) is 4.25. The molecule has 2 unspecified atom stereocenters. The third-order valence-electron chi connectivity index (χ3n) is 4.84. The van der Waals surface area contributed by atoms with Gasteiger partial charge in [0.25, 0.3) is 0 Å². The summed E-state index contributed by atoms with van der Waals surface area (Å²) in [6.07, 6.45) is 9.37. The molecule has 4 nitrogen and oxygen atoms in total. The molecule has 3 rings (SSSR count). The molecule has 1 amide bonds. The van der Waals surface area contributed by atoms with Crippen LogP contribution in [0.5, 0.6) is 0 Å². The Morgan fingerprint density at radius 3 is 2.65 bits per heavy atom. The highest BCUT2D eigenvalue weighted by molar-refractivity contribution is 5.80. The number of nitrogens with zero attached hydrogens (tertiary/aromatic N) is 1. The van der Waals surface area contributed by atoms with E-state index in [2.05, 4.69) is 0 Å². The highest BCUT2D eigenvalue weighted by atomic mass is 16.3. The van der Waals surface area contributed by atoms with E-state index in [0.717, 1.165) is 37.9 Å². The maximum atomic E-state index is 12.9. The molecule has 0 radical (unpaired) electrons. The molecule has 2 N–H and O–H groups in total. The van der Waals surface area contributed by atoms with E-state index in [9.17, 15) is 4.79 Å². The van der Waals surface area contributed by atoms with E-state index in [1.54, 1.807) is 6.26 Å². The number of furan rings is 1. The Morgan fingerprint density at radius 1 is 1.25 bits per heavy atom. The molecule has 0 aliphatic heterocycles. The van der Waals surface area contributed by atoms with Gasteiger partial charge in [0.15, 0.2) is 0 Å². The van der Waals surface area contributed by atoms with Crippen molar-refractivity contribution >= 4 is 5.91 Å². The van der Waals surface area contributed by atoms with Gasteiger partial charge in [0.1, 0.15) is 5.76 Å². The molecule has 1 aromatic heterocycles. The zero-order valence-electron chi connectivity index (χ0n) is 12.0. The van der Waals surface area contributed by atoms with E-state index in [4.69, 9.17) is 10.2 Å². The predicted octanol–water partition coefficient (Wildman–Crippen LogP) is 2.68. The minimum atomic E-state index is 0.0190. The summed E-state index contributed by atoms with van der Waals surface area (Å²) in [7, 11) is 0. The molecule has 4 heteroatoms. The van der Waals surface area contributed by atoms with Gasteiger partial charge < -0.3 is 15.1 Å². The summed E-state index contributed by atoms with van der Waals surface area (Å²) in [4.78, 5) is 14.9. The number of nitrogens with two attached hydrogens (primary N) is 1. The summed E-state index contributed by atoms with van der Waals surface area (Å²) in [5.74, 6) is 1.14. The summed E-state index contributed by atoms with van der Waals surface area (Å²) in [5.41, 5.74) is 6.12. The van der Waals surface area contributed by atoms with Crippen molar-refractivity contribution in [3.8, 4) is 0 Å². The fraction of sp³-hybridized carbons (Fsp3) is 0.688. The molecule has 0 saturated heterocycles. The zero-order valence-corrected chi connectivity index (χ0v) is 12.0. The van der Waals surface area contributed by atoms with Crippen molar-refractivity contribution in [2.24, 2.45) is 11.7 Å². The smallest absolute Gasteiger partial charge is 0.227 e. The SMILES string of the molecule is NC1CCCC1C(=O)N(Cc1ccco1)C1CCCC1. The van der Waals surface area contributed by atoms with Crippen LogP contribution < -0.4 is 5.73 Å². The molecule has 2 aliphatic rings. The molecule has 2 fully saturated rings. The van der Waals surface area contributed by atoms with Gasteiger partial charge in [-0.2, -0.15) is 0 Å². The van der Waals surface area contributed by atoms with Crippen LogP contribution in [0.1, 0.15) is 50.7 Å². The van der Waals surface area contributed by atoms with E-state index in [-0.39, 0.29) is 17.9 Å². The van der Waals surface area contributed by atoms with Gasteiger partial charge in [0.2, 0.25) is 5.91 Å². The highest BCUT2D eigenvalue weighted by Crippen LogP contribution is 2.31. The Hall–Kier alpha value is -1.29. The topological polar surface area (TPSA) is 59.5 Å². The second kappa shape index (κ2) is 6.00. The molecule has 2 aliphatic carbocycles. The van der Waals surface area contributed by atoms with Gasteiger partial charge >= 0.3 is 0 Å². The summed E-state index contributed by atoms with van der Waals surface area (Å²) < 4.78 is 5.44. The molecule has 0 bridgehead atoms. The first kappa shape index (κ1) is 13.7. The number of rotatable bonds is 4. The maximum Gasteiger partial charge on any atom is 0.227 e. The van der Waals surface area contributed by atoms with Crippen LogP contribution in [0.4, 0.5) is 0 Å². The van der Waals surface area contributed by atoms with Crippen LogP contribution in [0.3, 0.4) is 0 Å². The van der Waals surface area contributed by atoms with Crippen molar-refractivity contribution in [2.75, 3.05) is 0 Å². The molecular formula is C16H24N2O2. The Balaban J connectivity index is 1.75. The second-order valence-electron chi connectivity index (χ2n) is 6.19. The first-order chi connectivity index (χ1) is 9.75. The predicted molar refractivity (Wildman–Crippen MR) is 76.8 cm³/mol. The first-order valence-corrected chi connectivity index (χ1v) is 7.84. The van der Waals surface area contributed by atoms with Crippen LogP contribution >= 0.6 is 0 Å². The van der Waals surface area contributed by atoms with E-state index < -0.39 is 0 Å². The lowest BCUT2D eigenvalue weighted by molar-refractivity contribution is -0.139. The average Bonchev–Trinajstić information content (AvgIpc) is 3.17. The molecule has 0 spiro atoms. The highest BCUT2D eigenvalue weighted by Gasteiger charge is 2.36. The minimum Gasteiger partial charge on any atom is -0.467 e. The zero-order chi connectivity index (χ0) is 13.9. The maximum absolute atomic E-state index is 12.9. The third kappa shape index (κ3) is 2.75. The molecule has 20 heavy (non-hydrogen) atoms.